The van der Waals surface area contributed by atoms with E-state index in [1.54, 1.807) is 0 Å². The second-order valence-electron chi connectivity index (χ2n) is 8.12. The lowest BCUT2D eigenvalue weighted by molar-refractivity contribution is -0.183. The van der Waals surface area contributed by atoms with Gasteiger partial charge >= 0.3 is 0 Å². The third-order valence-electron chi connectivity index (χ3n) is 6.33. The second kappa shape index (κ2) is 12.3. The summed E-state index contributed by atoms with van der Waals surface area (Å²) in [6.07, 6.45) is 14.5. The Bertz CT molecular complexity index is 305. The van der Waals surface area contributed by atoms with Gasteiger partial charge in [-0.3, -0.25) is 0 Å². The van der Waals surface area contributed by atoms with Crippen LogP contribution >= 0.6 is 0 Å². The molecule has 0 saturated heterocycles. The first kappa shape index (κ1) is 21.9. The van der Waals surface area contributed by atoms with Crippen LogP contribution in [-0.2, 0) is 0 Å². The first-order chi connectivity index (χ1) is 11.6. The monoisotopic (exact) mass is 342 g/mol. The highest BCUT2D eigenvalue weighted by Gasteiger charge is 2.46. The lowest BCUT2D eigenvalue weighted by atomic mass is 9.59. The molecule has 3 atom stereocenters. The van der Waals surface area contributed by atoms with Gasteiger partial charge in [0.2, 0.25) is 0 Å². The summed E-state index contributed by atoms with van der Waals surface area (Å²) in [5.41, 5.74) is -0.335. The molecule has 144 valence electrons. The van der Waals surface area contributed by atoms with Crippen LogP contribution < -0.4 is 0 Å². The number of hydrogen-bond acceptors (Lipinski definition) is 3. The molecule has 1 aliphatic carbocycles. The van der Waals surface area contributed by atoms with Gasteiger partial charge in [-0.25, -0.2) is 0 Å². The Labute approximate surface area is 149 Å². The summed E-state index contributed by atoms with van der Waals surface area (Å²) in [5.74, 6) is 0.985. The van der Waals surface area contributed by atoms with Gasteiger partial charge in [0, 0.05) is 12.0 Å². The lowest BCUT2D eigenvalue weighted by Gasteiger charge is -2.48. The average Bonchev–Trinajstić information content (AvgIpc) is 2.59. The molecule has 0 aromatic rings. The molecular weight excluding hydrogens is 300 g/mol. The van der Waals surface area contributed by atoms with Gasteiger partial charge in [0.05, 0.1) is 0 Å². The highest BCUT2D eigenvalue weighted by atomic mass is 16.5. The predicted octanol–water partition coefficient (Wildman–Crippen LogP) is 5.02. The number of aliphatic hydroxyl groups is 3. The minimum Gasteiger partial charge on any atom is -0.396 e. The number of unbranched alkanes of at least 4 members (excludes halogenated alkanes) is 4. The van der Waals surface area contributed by atoms with E-state index in [1.165, 1.54) is 51.4 Å². The summed E-state index contributed by atoms with van der Waals surface area (Å²) in [6, 6.07) is 0. The zero-order chi connectivity index (χ0) is 17.8. The van der Waals surface area contributed by atoms with Crippen molar-refractivity contribution in [2.24, 2.45) is 17.3 Å². The van der Waals surface area contributed by atoms with E-state index in [0.29, 0.717) is 11.8 Å². The summed E-state index contributed by atoms with van der Waals surface area (Å²) in [7, 11) is 0. The van der Waals surface area contributed by atoms with Gasteiger partial charge in [0.15, 0.2) is 6.29 Å². The molecule has 0 radical (unpaired) electrons. The van der Waals surface area contributed by atoms with E-state index < -0.39 is 6.29 Å². The smallest absolute Gasteiger partial charge is 0.157 e. The molecule has 3 N–H and O–H groups in total. The molecule has 3 nitrogen and oxygen atoms in total. The van der Waals surface area contributed by atoms with Gasteiger partial charge in [-0.2, -0.15) is 0 Å². The molecule has 1 fully saturated rings. The van der Waals surface area contributed by atoms with Crippen molar-refractivity contribution in [1.82, 2.24) is 0 Å². The molecule has 0 aliphatic heterocycles. The van der Waals surface area contributed by atoms with Crippen molar-refractivity contribution in [3.05, 3.63) is 0 Å². The van der Waals surface area contributed by atoms with Crippen LogP contribution in [0.2, 0.25) is 0 Å². The van der Waals surface area contributed by atoms with Crippen molar-refractivity contribution in [2.75, 3.05) is 6.61 Å². The molecule has 1 saturated carbocycles. The summed E-state index contributed by atoms with van der Waals surface area (Å²) in [5, 5.41) is 30.0. The second-order valence-corrected chi connectivity index (χ2v) is 8.12. The molecule has 0 heterocycles. The fourth-order valence-electron chi connectivity index (χ4n) is 4.89. The van der Waals surface area contributed by atoms with Crippen LogP contribution in [0.1, 0.15) is 104 Å². The van der Waals surface area contributed by atoms with E-state index in [-0.39, 0.29) is 12.0 Å². The third kappa shape index (κ3) is 6.65. The van der Waals surface area contributed by atoms with Gasteiger partial charge < -0.3 is 15.3 Å². The van der Waals surface area contributed by atoms with Crippen molar-refractivity contribution >= 4 is 0 Å². The summed E-state index contributed by atoms with van der Waals surface area (Å²) in [6.45, 7) is 4.67. The number of hydrogen-bond donors (Lipinski definition) is 3. The van der Waals surface area contributed by atoms with Crippen LogP contribution in [0.4, 0.5) is 0 Å². The van der Waals surface area contributed by atoms with Crippen molar-refractivity contribution in [1.29, 1.82) is 0 Å². The van der Waals surface area contributed by atoms with Crippen LogP contribution in [0.15, 0.2) is 0 Å². The van der Waals surface area contributed by atoms with Crippen LogP contribution in [0.5, 0.6) is 0 Å². The SMILES string of the molecule is CCCCCCC(CCCO)C1(C(O)O)CCCC(CCCC)C1. The molecule has 0 amide bonds. The van der Waals surface area contributed by atoms with E-state index in [0.717, 1.165) is 38.5 Å². The minimum atomic E-state index is -1.21. The molecule has 0 spiro atoms. The highest BCUT2D eigenvalue weighted by molar-refractivity contribution is 4.93. The van der Waals surface area contributed by atoms with Crippen molar-refractivity contribution in [3.63, 3.8) is 0 Å². The van der Waals surface area contributed by atoms with Gasteiger partial charge in [-0.15, -0.1) is 0 Å². The van der Waals surface area contributed by atoms with Crippen LogP contribution in [0, 0.1) is 17.3 Å². The zero-order valence-electron chi connectivity index (χ0n) is 16.2. The fraction of sp³-hybridized carbons (Fsp3) is 1.00. The van der Waals surface area contributed by atoms with Gasteiger partial charge in [0.1, 0.15) is 0 Å². The van der Waals surface area contributed by atoms with Gasteiger partial charge in [-0.1, -0.05) is 71.6 Å². The Morgan fingerprint density at radius 3 is 2.29 bits per heavy atom. The van der Waals surface area contributed by atoms with Crippen LogP contribution in [-0.4, -0.2) is 28.2 Å². The summed E-state index contributed by atoms with van der Waals surface area (Å²) in [4.78, 5) is 0. The minimum absolute atomic E-state index is 0.211. The Morgan fingerprint density at radius 1 is 0.958 bits per heavy atom. The fourth-order valence-corrected chi connectivity index (χ4v) is 4.89. The van der Waals surface area contributed by atoms with E-state index in [4.69, 9.17) is 0 Å². The molecule has 0 aromatic carbocycles. The predicted molar refractivity (Wildman–Crippen MR) is 101 cm³/mol. The van der Waals surface area contributed by atoms with Gasteiger partial charge in [-0.05, 0) is 43.9 Å². The Balaban J connectivity index is 2.79. The number of rotatable bonds is 13. The maximum Gasteiger partial charge on any atom is 0.157 e. The molecule has 1 rings (SSSR count). The average molecular weight is 343 g/mol. The van der Waals surface area contributed by atoms with Crippen molar-refractivity contribution in [3.8, 4) is 0 Å². The van der Waals surface area contributed by atoms with Crippen LogP contribution in [0.3, 0.4) is 0 Å². The Hall–Kier alpha value is -0.120. The summed E-state index contributed by atoms with van der Waals surface area (Å²) >= 11 is 0. The van der Waals surface area contributed by atoms with Crippen molar-refractivity contribution < 1.29 is 15.3 Å². The molecule has 0 aromatic heterocycles. The van der Waals surface area contributed by atoms with Crippen molar-refractivity contribution in [2.45, 2.75) is 110 Å². The van der Waals surface area contributed by atoms with Gasteiger partial charge in [0.25, 0.3) is 0 Å². The first-order valence-electron chi connectivity index (χ1n) is 10.6. The zero-order valence-corrected chi connectivity index (χ0v) is 16.2. The molecule has 0 bridgehead atoms. The van der Waals surface area contributed by atoms with E-state index in [2.05, 4.69) is 13.8 Å². The first-order valence-corrected chi connectivity index (χ1v) is 10.6. The third-order valence-corrected chi connectivity index (χ3v) is 6.33. The van der Waals surface area contributed by atoms with E-state index in [1.807, 2.05) is 0 Å². The Morgan fingerprint density at radius 2 is 1.67 bits per heavy atom. The Kier molecular flexibility index (Phi) is 11.2. The van der Waals surface area contributed by atoms with Crippen LogP contribution in [0.25, 0.3) is 0 Å². The quantitative estimate of drug-likeness (QED) is 0.325. The molecule has 1 aliphatic rings. The lowest BCUT2D eigenvalue weighted by Crippen LogP contribution is -2.45. The van der Waals surface area contributed by atoms with E-state index in [9.17, 15) is 15.3 Å². The standard InChI is InChI=1S/C21H42O3/c1-3-5-7-8-13-19(14-10-16-22)21(20(23)24)15-9-12-18(17-21)11-6-4-2/h18-20,22-24H,3-17H2,1-2H3. The van der Waals surface area contributed by atoms with E-state index >= 15 is 0 Å². The number of aliphatic hydroxyl groups excluding tert-OH is 2. The molecule has 3 unspecified atom stereocenters. The molecule has 3 heteroatoms. The molecule has 24 heavy (non-hydrogen) atoms. The largest absolute Gasteiger partial charge is 0.396 e. The maximum atomic E-state index is 10.3. The topological polar surface area (TPSA) is 60.7 Å². The maximum absolute atomic E-state index is 10.3. The highest BCUT2D eigenvalue weighted by Crippen LogP contribution is 2.51. The molecular formula is C21H42O3. The normalized spacial score (nSPS) is 26.0. The summed E-state index contributed by atoms with van der Waals surface area (Å²) < 4.78 is 0.